The highest BCUT2D eigenvalue weighted by Crippen LogP contribution is 2.28. The summed E-state index contributed by atoms with van der Waals surface area (Å²) in [6.45, 7) is -0.293. The number of halogens is 1. The number of hydrogen-bond acceptors (Lipinski definition) is 3. The van der Waals surface area contributed by atoms with E-state index in [-0.39, 0.29) is 6.54 Å². The molecular formula is C19H17IN2O3S. The molecule has 0 fully saturated rings. The highest BCUT2D eigenvalue weighted by molar-refractivity contribution is 14.1. The number of nitrogens with zero attached hydrogens (tertiary/aromatic N) is 1. The van der Waals surface area contributed by atoms with E-state index in [1.165, 1.54) is 0 Å². The Kier molecular flexibility index (Phi) is 5.47. The van der Waals surface area contributed by atoms with Crippen LogP contribution in [-0.4, -0.2) is 27.1 Å². The molecule has 3 aromatic rings. The predicted octanol–water partition coefficient (Wildman–Crippen LogP) is 3.85. The maximum absolute atomic E-state index is 12.4. The van der Waals surface area contributed by atoms with Gasteiger partial charge in [-0.2, -0.15) is 0 Å². The maximum Gasteiger partial charge on any atom is 0.245 e. The fourth-order valence-corrected chi connectivity index (χ4v) is 3.90. The van der Waals surface area contributed by atoms with E-state index in [4.69, 9.17) is 0 Å². The lowest BCUT2D eigenvalue weighted by Crippen LogP contribution is -2.37. The minimum absolute atomic E-state index is 0.293. The largest absolute Gasteiger partial charge is 0.325 e. The number of rotatable bonds is 5. The third-order valence-electron chi connectivity index (χ3n) is 3.85. The number of nitrogens with one attached hydrogen (secondary N) is 1. The average molecular weight is 480 g/mol. The van der Waals surface area contributed by atoms with Gasteiger partial charge in [0.2, 0.25) is 15.9 Å². The van der Waals surface area contributed by atoms with Crippen LogP contribution in [0.5, 0.6) is 0 Å². The Bertz CT molecular complexity index is 1040. The molecule has 134 valence electrons. The zero-order chi connectivity index (χ0) is 18.7. The van der Waals surface area contributed by atoms with Gasteiger partial charge in [0, 0.05) is 14.6 Å². The van der Waals surface area contributed by atoms with Crippen molar-refractivity contribution in [2.75, 3.05) is 22.4 Å². The van der Waals surface area contributed by atoms with E-state index in [1.807, 2.05) is 42.5 Å². The number of amides is 1. The average Bonchev–Trinajstić information content (AvgIpc) is 2.60. The molecule has 0 aliphatic rings. The summed E-state index contributed by atoms with van der Waals surface area (Å²) >= 11 is 2.18. The Morgan fingerprint density at radius 1 is 1.00 bits per heavy atom. The first-order valence-corrected chi connectivity index (χ1v) is 10.8. The molecule has 1 N–H and O–H groups in total. The molecule has 26 heavy (non-hydrogen) atoms. The third kappa shape index (κ3) is 4.34. The van der Waals surface area contributed by atoms with E-state index in [0.717, 1.165) is 24.9 Å². The van der Waals surface area contributed by atoms with Gasteiger partial charge in [0.05, 0.1) is 11.9 Å². The summed E-state index contributed by atoms with van der Waals surface area (Å²) in [5.74, 6) is -0.399. The fourth-order valence-electron chi connectivity index (χ4n) is 2.67. The molecule has 0 spiro atoms. The van der Waals surface area contributed by atoms with E-state index in [9.17, 15) is 13.2 Å². The van der Waals surface area contributed by atoms with Gasteiger partial charge in [-0.3, -0.25) is 9.10 Å². The smallest absolute Gasteiger partial charge is 0.245 e. The second-order valence-corrected chi connectivity index (χ2v) is 8.98. The van der Waals surface area contributed by atoms with Crippen LogP contribution in [0.2, 0.25) is 0 Å². The monoisotopic (exact) mass is 480 g/mol. The van der Waals surface area contributed by atoms with Crippen LogP contribution < -0.4 is 9.62 Å². The van der Waals surface area contributed by atoms with Crippen LogP contribution in [0, 0.1) is 3.57 Å². The lowest BCUT2D eigenvalue weighted by atomic mass is 10.1. The molecule has 0 saturated carbocycles. The molecule has 0 saturated heterocycles. The lowest BCUT2D eigenvalue weighted by molar-refractivity contribution is -0.114. The van der Waals surface area contributed by atoms with Gasteiger partial charge >= 0.3 is 0 Å². The Labute approximate surface area is 166 Å². The minimum Gasteiger partial charge on any atom is -0.325 e. The van der Waals surface area contributed by atoms with Gasteiger partial charge in [-0.1, -0.05) is 36.4 Å². The topological polar surface area (TPSA) is 66.5 Å². The highest BCUT2D eigenvalue weighted by Gasteiger charge is 2.22. The van der Waals surface area contributed by atoms with Crippen molar-refractivity contribution in [3.05, 3.63) is 70.3 Å². The van der Waals surface area contributed by atoms with Gasteiger partial charge in [-0.15, -0.1) is 0 Å². The first-order valence-electron chi connectivity index (χ1n) is 7.85. The van der Waals surface area contributed by atoms with Crippen molar-refractivity contribution in [1.29, 1.82) is 0 Å². The Hall–Kier alpha value is -2.13. The van der Waals surface area contributed by atoms with Crippen molar-refractivity contribution in [3.8, 4) is 0 Å². The normalized spacial score (nSPS) is 11.3. The summed E-state index contributed by atoms with van der Waals surface area (Å²) in [6.07, 6.45) is 1.10. The van der Waals surface area contributed by atoms with Crippen LogP contribution in [0.4, 0.5) is 11.4 Å². The maximum atomic E-state index is 12.4. The number of sulfonamides is 1. The van der Waals surface area contributed by atoms with Crippen LogP contribution >= 0.6 is 22.6 Å². The summed E-state index contributed by atoms with van der Waals surface area (Å²) in [6, 6.07) is 20.2. The molecular weight excluding hydrogens is 463 g/mol. The molecule has 5 nitrogen and oxygen atoms in total. The summed E-state index contributed by atoms with van der Waals surface area (Å²) < 4.78 is 26.9. The van der Waals surface area contributed by atoms with Crippen molar-refractivity contribution >= 4 is 60.7 Å². The lowest BCUT2D eigenvalue weighted by Gasteiger charge is -2.23. The molecule has 3 aromatic carbocycles. The first kappa shape index (κ1) is 18.7. The molecule has 0 aliphatic heterocycles. The standard InChI is InChI=1S/C19H17IN2O3S/c1-26(24,25)22(13-19(23)21-16-11-9-15(20)10-12-16)18-8-4-6-14-5-2-3-7-17(14)18/h2-12H,13H2,1H3,(H,21,23). The fraction of sp³-hybridized carbons (Fsp3) is 0.105. The number of anilines is 2. The molecule has 1 amide bonds. The zero-order valence-electron chi connectivity index (χ0n) is 14.0. The summed E-state index contributed by atoms with van der Waals surface area (Å²) in [7, 11) is -3.63. The molecule has 0 aliphatic carbocycles. The van der Waals surface area contributed by atoms with Gasteiger partial charge < -0.3 is 5.32 Å². The molecule has 0 heterocycles. The summed E-state index contributed by atoms with van der Waals surface area (Å²) in [5, 5.41) is 4.43. The number of hydrogen-bond donors (Lipinski definition) is 1. The van der Waals surface area contributed by atoms with E-state index >= 15 is 0 Å². The number of benzene rings is 3. The number of carbonyl (C=O) groups excluding carboxylic acids is 1. The van der Waals surface area contributed by atoms with Crippen LogP contribution in [0.15, 0.2) is 66.7 Å². The van der Waals surface area contributed by atoms with Crippen LogP contribution in [0.3, 0.4) is 0 Å². The number of carbonyl (C=O) groups is 1. The second-order valence-electron chi connectivity index (χ2n) is 5.82. The van der Waals surface area contributed by atoms with E-state index < -0.39 is 15.9 Å². The Morgan fingerprint density at radius 2 is 1.65 bits per heavy atom. The van der Waals surface area contributed by atoms with Crippen LogP contribution in [0.25, 0.3) is 10.8 Å². The first-order chi connectivity index (χ1) is 12.3. The van der Waals surface area contributed by atoms with E-state index in [1.54, 1.807) is 24.3 Å². The molecule has 3 rings (SSSR count). The number of fused-ring (bicyclic) bond motifs is 1. The summed E-state index contributed by atoms with van der Waals surface area (Å²) in [4.78, 5) is 12.4. The van der Waals surface area contributed by atoms with Gasteiger partial charge in [0.15, 0.2) is 0 Å². The van der Waals surface area contributed by atoms with Crippen molar-refractivity contribution < 1.29 is 13.2 Å². The van der Waals surface area contributed by atoms with Crippen molar-refractivity contribution in [2.24, 2.45) is 0 Å². The third-order valence-corrected chi connectivity index (χ3v) is 5.70. The van der Waals surface area contributed by atoms with Gasteiger partial charge in [-0.05, 0) is 58.3 Å². The molecule has 0 radical (unpaired) electrons. The Balaban J connectivity index is 1.91. The van der Waals surface area contributed by atoms with E-state index in [0.29, 0.717) is 11.4 Å². The highest BCUT2D eigenvalue weighted by atomic mass is 127. The van der Waals surface area contributed by atoms with Gasteiger partial charge in [0.1, 0.15) is 6.54 Å². The molecule has 0 aromatic heterocycles. The van der Waals surface area contributed by atoms with Crippen LogP contribution in [0.1, 0.15) is 0 Å². The quantitative estimate of drug-likeness (QED) is 0.565. The van der Waals surface area contributed by atoms with Crippen LogP contribution in [-0.2, 0) is 14.8 Å². The molecule has 0 bridgehead atoms. The SMILES string of the molecule is CS(=O)(=O)N(CC(=O)Nc1ccc(I)cc1)c1cccc2ccccc12. The van der Waals surface area contributed by atoms with Gasteiger partial charge in [0.25, 0.3) is 0 Å². The molecule has 7 heteroatoms. The van der Waals surface area contributed by atoms with E-state index in [2.05, 4.69) is 27.9 Å². The molecule has 0 unspecified atom stereocenters. The van der Waals surface area contributed by atoms with Crippen molar-refractivity contribution in [3.63, 3.8) is 0 Å². The zero-order valence-corrected chi connectivity index (χ0v) is 17.0. The summed E-state index contributed by atoms with van der Waals surface area (Å²) in [5.41, 5.74) is 1.12. The van der Waals surface area contributed by atoms with Crippen molar-refractivity contribution in [1.82, 2.24) is 0 Å². The predicted molar refractivity (Wildman–Crippen MR) is 114 cm³/mol. The second kappa shape index (κ2) is 7.63. The van der Waals surface area contributed by atoms with Crippen molar-refractivity contribution in [2.45, 2.75) is 0 Å². The Morgan fingerprint density at radius 3 is 2.35 bits per heavy atom. The van der Waals surface area contributed by atoms with Gasteiger partial charge in [-0.25, -0.2) is 8.42 Å². The minimum atomic E-state index is -3.63. The molecule has 0 atom stereocenters.